The standard InChI is InChI=1S/C21H19F3N4O/c1-13-6-4-7-15(10-13)27(3)20(29)18-8-5-9-28(18)19-16(12-25)17(21(22,23)24)11-14(2)26-19/h4-8,10-11,18H,9H2,1-3H3/t18-/m0/s1. The van der Waals surface area contributed by atoms with Gasteiger partial charge < -0.3 is 9.80 Å². The molecule has 2 heterocycles. The summed E-state index contributed by atoms with van der Waals surface area (Å²) in [5.41, 5.74) is 0.138. The van der Waals surface area contributed by atoms with Gasteiger partial charge in [-0.2, -0.15) is 18.4 Å². The zero-order valence-corrected chi connectivity index (χ0v) is 16.2. The molecule has 0 aliphatic carbocycles. The maximum Gasteiger partial charge on any atom is 0.417 e. The van der Waals surface area contributed by atoms with E-state index in [1.165, 1.54) is 16.7 Å². The summed E-state index contributed by atoms with van der Waals surface area (Å²) < 4.78 is 40.3. The van der Waals surface area contributed by atoms with Crippen molar-refractivity contribution in [2.24, 2.45) is 0 Å². The van der Waals surface area contributed by atoms with E-state index in [1.807, 2.05) is 25.1 Å². The Morgan fingerprint density at radius 2 is 2.03 bits per heavy atom. The number of aryl methyl sites for hydroxylation is 2. The van der Waals surface area contributed by atoms with Crippen LogP contribution in [0.4, 0.5) is 24.7 Å². The fourth-order valence-electron chi connectivity index (χ4n) is 3.32. The van der Waals surface area contributed by atoms with E-state index in [0.717, 1.165) is 11.6 Å². The van der Waals surface area contributed by atoms with Gasteiger partial charge in [-0.3, -0.25) is 4.79 Å². The number of halogens is 3. The van der Waals surface area contributed by atoms with Crippen LogP contribution in [0.3, 0.4) is 0 Å². The molecule has 1 aromatic heterocycles. The molecule has 1 aliphatic rings. The zero-order valence-electron chi connectivity index (χ0n) is 16.2. The van der Waals surface area contributed by atoms with Crippen molar-refractivity contribution >= 4 is 17.4 Å². The molecule has 0 spiro atoms. The molecular weight excluding hydrogens is 381 g/mol. The average Bonchev–Trinajstić information content (AvgIpc) is 3.15. The van der Waals surface area contributed by atoms with E-state index in [2.05, 4.69) is 4.98 Å². The number of pyridine rings is 1. The topological polar surface area (TPSA) is 60.2 Å². The fraction of sp³-hybridized carbons (Fsp3) is 0.286. The molecule has 0 unspecified atom stereocenters. The van der Waals surface area contributed by atoms with Crippen molar-refractivity contribution in [2.45, 2.75) is 26.1 Å². The molecule has 0 saturated carbocycles. The van der Waals surface area contributed by atoms with E-state index in [9.17, 15) is 23.2 Å². The van der Waals surface area contributed by atoms with Crippen molar-refractivity contribution in [1.29, 1.82) is 5.26 Å². The number of carbonyl (C=O) groups is 1. The molecule has 0 radical (unpaired) electrons. The molecule has 1 amide bonds. The second-order valence-electron chi connectivity index (χ2n) is 6.88. The van der Waals surface area contributed by atoms with Gasteiger partial charge in [0.2, 0.25) is 0 Å². The van der Waals surface area contributed by atoms with Crippen LogP contribution in [0.2, 0.25) is 0 Å². The van der Waals surface area contributed by atoms with Crippen LogP contribution in [-0.4, -0.2) is 30.5 Å². The molecule has 0 N–H and O–H groups in total. The average molecular weight is 400 g/mol. The minimum absolute atomic E-state index is 0.122. The summed E-state index contributed by atoms with van der Waals surface area (Å²) in [4.78, 5) is 20.2. The minimum atomic E-state index is -4.70. The first-order chi connectivity index (χ1) is 13.6. The summed E-state index contributed by atoms with van der Waals surface area (Å²) in [6.45, 7) is 3.51. The number of benzene rings is 1. The monoisotopic (exact) mass is 400 g/mol. The number of hydrogen-bond donors (Lipinski definition) is 0. The number of carbonyl (C=O) groups excluding carboxylic acids is 1. The number of hydrogen-bond acceptors (Lipinski definition) is 4. The highest BCUT2D eigenvalue weighted by Gasteiger charge is 2.39. The van der Waals surface area contributed by atoms with Gasteiger partial charge in [0.05, 0.1) is 5.56 Å². The highest BCUT2D eigenvalue weighted by molar-refractivity contribution is 6.00. The molecule has 150 valence electrons. The van der Waals surface area contributed by atoms with Crippen LogP contribution in [0.25, 0.3) is 0 Å². The highest BCUT2D eigenvalue weighted by atomic mass is 19.4. The first kappa shape index (κ1) is 20.4. The van der Waals surface area contributed by atoms with Crippen LogP contribution in [-0.2, 0) is 11.0 Å². The quantitative estimate of drug-likeness (QED) is 0.731. The van der Waals surface area contributed by atoms with Gasteiger partial charge in [-0.1, -0.05) is 24.3 Å². The lowest BCUT2D eigenvalue weighted by molar-refractivity contribution is -0.137. The first-order valence-electron chi connectivity index (χ1n) is 8.90. The van der Waals surface area contributed by atoms with Crippen LogP contribution in [0.5, 0.6) is 0 Å². The molecular formula is C21H19F3N4O. The predicted molar refractivity (Wildman–Crippen MR) is 104 cm³/mol. The number of likely N-dealkylation sites (N-methyl/N-ethyl adjacent to an activating group) is 1. The number of anilines is 2. The van der Waals surface area contributed by atoms with Crippen molar-refractivity contribution in [2.75, 3.05) is 23.4 Å². The number of rotatable bonds is 3. The van der Waals surface area contributed by atoms with Crippen LogP contribution < -0.4 is 9.80 Å². The summed E-state index contributed by atoms with van der Waals surface area (Å²) in [7, 11) is 1.61. The molecule has 1 atom stereocenters. The lowest BCUT2D eigenvalue weighted by Crippen LogP contribution is -2.45. The Kier molecular flexibility index (Phi) is 5.33. The smallest absolute Gasteiger partial charge is 0.336 e. The largest absolute Gasteiger partial charge is 0.417 e. The molecule has 0 saturated heterocycles. The predicted octanol–water partition coefficient (Wildman–Crippen LogP) is 4.00. The number of amides is 1. The number of nitriles is 1. The molecule has 0 fully saturated rings. The van der Waals surface area contributed by atoms with Crippen LogP contribution >= 0.6 is 0 Å². The third-order valence-corrected chi connectivity index (χ3v) is 4.75. The van der Waals surface area contributed by atoms with Gasteiger partial charge in [-0.05, 0) is 37.6 Å². The van der Waals surface area contributed by atoms with E-state index in [0.29, 0.717) is 5.69 Å². The van der Waals surface area contributed by atoms with Crippen molar-refractivity contribution in [3.8, 4) is 6.07 Å². The molecule has 29 heavy (non-hydrogen) atoms. The highest BCUT2D eigenvalue weighted by Crippen LogP contribution is 2.37. The van der Waals surface area contributed by atoms with Crippen molar-refractivity contribution in [1.82, 2.24) is 4.98 Å². The number of alkyl halides is 3. The lowest BCUT2D eigenvalue weighted by atomic mass is 10.1. The molecule has 2 aromatic rings. The van der Waals surface area contributed by atoms with E-state index >= 15 is 0 Å². The van der Waals surface area contributed by atoms with Gasteiger partial charge in [0.15, 0.2) is 0 Å². The number of aromatic nitrogens is 1. The van der Waals surface area contributed by atoms with E-state index < -0.39 is 23.3 Å². The zero-order chi connectivity index (χ0) is 21.3. The molecule has 3 rings (SSSR count). The van der Waals surface area contributed by atoms with Gasteiger partial charge in [-0.15, -0.1) is 0 Å². The van der Waals surface area contributed by atoms with E-state index in [-0.39, 0.29) is 24.0 Å². The number of nitrogens with zero attached hydrogens (tertiary/aromatic N) is 4. The summed E-state index contributed by atoms with van der Waals surface area (Å²) in [5, 5.41) is 9.42. The van der Waals surface area contributed by atoms with E-state index in [4.69, 9.17) is 0 Å². The van der Waals surface area contributed by atoms with Crippen LogP contribution in [0, 0.1) is 25.2 Å². The molecule has 8 heteroatoms. The van der Waals surface area contributed by atoms with Crippen LogP contribution in [0.15, 0.2) is 42.5 Å². The third-order valence-electron chi connectivity index (χ3n) is 4.75. The van der Waals surface area contributed by atoms with Crippen molar-refractivity contribution in [3.05, 3.63) is 64.9 Å². The molecule has 1 aliphatic heterocycles. The second kappa shape index (κ2) is 7.59. The van der Waals surface area contributed by atoms with Gasteiger partial charge >= 0.3 is 6.18 Å². The summed E-state index contributed by atoms with van der Waals surface area (Å²) >= 11 is 0. The second-order valence-corrected chi connectivity index (χ2v) is 6.88. The summed E-state index contributed by atoms with van der Waals surface area (Å²) in [5.74, 6) is -0.467. The Morgan fingerprint density at radius 1 is 1.31 bits per heavy atom. The van der Waals surface area contributed by atoms with Crippen molar-refractivity contribution in [3.63, 3.8) is 0 Å². The van der Waals surface area contributed by atoms with Crippen molar-refractivity contribution < 1.29 is 18.0 Å². The summed E-state index contributed by atoms with van der Waals surface area (Å²) in [6.07, 6.45) is -1.39. The van der Waals surface area contributed by atoms with Crippen LogP contribution in [0.1, 0.15) is 22.4 Å². The van der Waals surface area contributed by atoms with Gasteiger partial charge in [0.1, 0.15) is 23.5 Å². The SMILES string of the molecule is Cc1cccc(N(C)C(=O)[C@@H]2C=CCN2c2nc(C)cc(C(F)(F)F)c2C#N)c1. The third kappa shape index (κ3) is 3.94. The Bertz CT molecular complexity index is 1020. The Balaban J connectivity index is 2.01. The Morgan fingerprint density at radius 3 is 2.66 bits per heavy atom. The Hall–Kier alpha value is -3.34. The fourth-order valence-corrected chi connectivity index (χ4v) is 3.32. The first-order valence-corrected chi connectivity index (χ1v) is 8.90. The Labute approximate surface area is 166 Å². The summed E-state index contributed by atoms with van der Waals surface area (Å²) in [6, 6.07) is 8.96. The maximum absolute atomic E-state index is 13.4. The lowest BCUT2D eigenvalue weighted by Gasteiger charge is -2.30. The minimum Gasteiger partial charge on any atom is -0.336 e. The van der Waals surface area contributed by atoms with Gasteiger partial charge in [0.25, 0.3) is 5.91 Å². The molecule has 5 nitrogen and oxygen atoms in total. The maximum atomic E-state index is 13.4. The molecule has 0 bridgehead atoms. The molecule has 1 aromatic carbocycles. The van der Waals surface area contributed by atoms with Gasteiger partial charge in [-0.25, -0.2) is 4.98 Å². The normalized spacial score (nSPS) is 16.0. The van der Waals surface area contributed by atoms with E-state index in [1.54, 1.807) is 31.3 Å². The van der Waals surface area contributed by atoms with Gasteiger partial charge in [0, 0.05) is 25.0 Å².